The number of hydrogen-bond acceptors (Lipinski definition) is 10. The molecule has 0 amide bonds. The zero-order valence-corrected chi connectivity index (χ0v) is 11.0. The summed E-state index contributed by atoms with van der Waals surface area (Å²) >= 11 is 0. The van der Waals surface area contributed by atoms with E-state index in [1.807, 2.05) is 0 Å². The van der Waals surface area contributed by atoms with E-state index in [9.17, 15) is 35.7 Å². The number of hydrogen-bond donors (Lipinski definition) is 9. The zero-order chi connectivity index (χ0) is 16.3. The highest BCUT2D eigenvalue weighted by molar-refractivity contribution is 4.97. The van der Waals surface area contributed by atoms with Crippen LogP contribution in [0.15, 0.2) is 0 Å². The molecule has 1 saturated heterocycles. The topological polar surface area (TPSA) is 191 Å². The fraction of sp³-hybridized carbons (Fsp3) is 1.00. The van der Waals surface area contributed by atoms with Crippen molar-refractivity contribution in [2.24, 2.45) is 0 Å². The van der Waals surface area contributed by atoms with Crippen molar-refractivity contribution in [1.29, 1.82) is 0 Å². The fourth-order valence-electron chi connectivity index (χ4n) is 2.14. The third kappa shape index (κ3) is 3.87. The molecule has 0 aromatic carbocycles. The van der Waals surface area contributed by atoms with Gasteiger partial charge in [0.05, 0.1) is 13.2 Å². The van der Waals surface area contributed by atoms with Crippen molar-refractivity contribution in [3.8, 4) is 0 Å². The molecule has 1 fully saturated rings. The minimum absolute atomic E-state index is 0.716. The zero-order valence-electron chi connectivity index (χ0n) is 11.0. The monoisotopic (exact) mass is 314 g/mol. The summed E-state index contributed by atoms with van der Waals surface area (Å²) in [5.41, 5.74) is 0. The Morgan fingerprint density at radius 2 is 1.38 bits per heavy atom. The second-order valence-corrected chi connectivity index (χ2v) is 5.02. The van der Waals surface area contributed by atoms with Crippen LogP contribution in [0.25, 0.3) is 0 Å². The lowest BCUT2D eigenvalue weighted by Crippen LogP contribution is -2.64. The summed E-state index contributed by atoms with van der Waals surface area (Å²) in [5, 5.41) is 84.8. The number of aliphatic hydroxyl groups excluding tert-OH is 9. The summed E-state index contributed by atoms with van der Waals surface area (Å²) in [4.78, 5) is 0. The number of ether oxygens (including phenoxy) is 1. The van der Waals surface area contributed by atoms with E-state index in [-0.39, 0.29) is 0 Å². The first-order chi connectivity index (χ1) is 9.76. The van der Waals surface area contributed by atoms with E-state index in [1.54, 1.807) is 0 Å². The molecule has 9 atom stereocenters. The molecule has 9 N–H and O–H groups in total. The molecular formula is C11H22O10. The molecule has 126 valence electrons. The quantitative estimate of drug-likeness (QED) is 0.228. The maximum absolute atomic E-state index is 9.88. The van der Waals surface area contributed by atoms with Crippen molar-refractivity contribution in [3.63, 3.8) is 0 Å². The molecule has 0 aromatic rings. The Kier molecular flexibility index (Phi) is 6.87. The van der Waals surface area contributed by atoms with Crippen LogP contribution in [0, 0.1) is 0 Å². The van der Waals surface area contributed by atoms with Crippen molar-refractivity contribution < 1.29 is 50.7 Å². The van der Waals surface area contributed by atoms with Crippen LogP contribution in [-0.2, 0) is 4.74 Å². The van der Waals surface area contributed by atoms with Crippen LogP contribution in [0.1, 0.15) is 0 Å². The minimum atomic E-state index is -2.01. The van der Waals surface area contributed by atoms with Crippen LogP contribution in [0.4, 0.5) is 0 Å². The van der Waals surface area contributed by atoms with Gasteiger partial charge in [0.2, 0.25) is 0 Å². The molecule has 0 aromatic heterocycles. The molecule has 10 heteroatoms. The largest absolute Gasteiger partial charge is 0.394 e. The normalized spacial score (nSPS) is 39.6. The van der Waals surface area contributed by atoms with E-state index in [1.165, 1.54) is 0 Å². The third-order valence-electron chi connectivity index (χ3n) is 3.55. The van der Waals surface area contributed by atoms with Crippen LogP contribution in [0.2, 0.25) is 0 Å². The second-order valence-electron chi connectivity index (χ2n) is 5.02. The van der Waals surface area contributed by atoms with Crippen molar-refractivity contribution in [2.75, 3.05) is 13.2 Å². The highest BCUT2D eigenvalue weighted by Gasteiger charge is 2.48. The maximum atomic E-state index is 9.88. The van der Waals surface area contributed by atoms with E-state index in [0.29, 0.717) is 0 Å². The summed E-state index contributed by atoms with van der Waals surface area (Å²) in [6.07, 6.45) is -15.7. The van der Waals surface area contributed by atoms with E-state index >= 15 is 0 Å². The van der Waals surface area contributed by atoms with Crippen LogP contribution in [0.5, 0.6) is 0 Å². The van der Waals surface area contributed by atoms with Gasteiger partial charge >= 0.3 is 0 Å². The molecule has 1 aliphatic heterocycles. The van der Waals surface area contributed by atoms with E-state index in [2.05, 4.69) is 0 Å². The van der Waals surface area contributed by atoms with Crippen molar-refractivity contribution in [1.82, 2.24) is 0 Å². The summed E-state index contributed by atoms with van der Waals surface area (Å²) in [7, 11) is 0. The summed E-state index contributed by atoms with van der Waals surface area (Å²) in [6.45, 7) is -1.59. The summed E-state index contributed by atoms with van der Waals surface area (Å²) < 4.78 is 5.00. The molecule has 3 unspecified atom stereocenters. The Balaban J connectivity index is 2.82. The molecule has 0 spiro atoms. The molecule has 1 heterocycles. The highest BCUT2D eigenvalue weighted by atomic mass is 16.6. The standard InChI is InChI=1S/C11H22O10/c12-1-3(14)5(15)7(17)9(19)11-10(20)8(18)6(16)4(2-13)21-11/h3-20H,1-2H2/t3-,4+,5?,6+,7+,8-,9?,10+,11?/m0/s1. The first kappa shape index (κ1) is 18.6. The molecular weight excluding hydrogens is 292 g/mol. The molecule has 21 heavy (non-hydrogen) atoms. The Morgan fingerprint density at radius 3 is 1.86 bits per heavy atom. The Hall–Kier alpha value is -0.400. The van der Waals surface area contributed by atoms with Crippen LogP contribution < -0.4 is 0 Å². The maximum Gasteiger partial charge on any atom is 0.115 e. The van der Waals surface area contributed by atoms with Gasteiger partial charge in [0.15, 0.2) is 0 Å². The smallest absolute Gasteiger partial charge is 0.115 e. The summed E-state index contributed by atoms with van der Waals surface area (Å²) in [5.74, 6) is 0. The molecule has 0 saturated carbocycles. The first-order valence-electron chi connectivity index (χ1n) is 6.39. The van der Waals surface area contributed by atoms with E-state index in [4.69, 9.17) is 14.9 Å². The first-order valence-corrected chi connectivity index (χ1v) is 6.39. The average molecular weight is 314 g/mol. The predicted molar refractivity (Wildman–Crippen MR) is 64.9 cm³/mol. The molecule has 0 aliphatic carbocycles. The Labute approximate surface area is 120 Å². The molecule has 0 radical (unpaired) electrons. The lowest BCUT2D eigenvalue weighted by Gasteiger charge is -2.43. The SMILES string of the molecule is OC[C@H](O)C(O)[C@@H](O)C(O)C1O[C@H](CO)[C@@H](O)[C@H](O)[C@H]1O. The van der Waals surface area contributed by atoms with Crippen molar-refractivity contribution in [2.45, 2.75) is 54.9 Å². The van der Waals surface area contributed by atoms with Crippen molar-refractivity contribution >= 4 is 0 Å². The van der Waals surface area contributed by atoms with E-state index in [0.717, 1.165) is 0 Å². The van der Waals surface area contributed by atoms with Crippen molar-refractivity contribution in [3.05, 3.63) is 0 Å². The van der Waals surface area contributed by atoms with E-state index < -0.39 is 68.1 Å². The molecule has 1 aliphatic rings. The third-order valence-corrected chi connectivity index (χ3v) is 3.55. The van der Waals surface area contributed by atoms with Gasteiger partial charge < -0.3 is 50.7 Å². The second kappa shape index (κ2) is 7.74. The average Bonchev–Trinajstić information content (AvgIpc) is 2.50. The van der Waals surface area contributed by atoms with Gasteiger partial charge in [-0.1, -0.05) is 0 Å². The highest BCUT2D eigenvalue weighted by Crippen LogP contribution is 2.25. The van der Waals surface area contributed by atoms with Gasteiger partial charge in [-0.15, -0.1) is 0 Å². The minimum Gasteiger partial charge on any atom is -0.394 e. The van der Waals surface area contributed by atoms with Gasteiger partial charge in [0.25, 0.3) is 0 Å². The Bertz CT molecular complexity index is 313. The molecule has 10 nitrogen and oxygen atoms in total. The Morgan fingerprint density at radius 1 is 0.810 bits per heavy atom. The van der Waals surface area contributed by atoms with Gasteiger partial charge in [-0.3, -0.25) is 0 Å². The van der Waals surface area contributed by atoms with Crippen LogP contribution >= 0.6 is 0 Å². The predicted octanol–water partition coefficient (Wildman–Crippen LogP) is -5.74. The lowest BCUT2D eigenvalue weighted by molar-refractivity contribution is -0.263. The number of rotatable bonds is 6. The fourth-order valence-corrected chi connectivity index (χ4v) is 2.14. The summed E-state index contributed by atoms with van der Waals surface area (Å²) in [6, 6.07) is 0. The van der Waals surface area contributed by atoms with Gasteiger partial charge in [-0.25, -0.2) is 0 Å². The van der Waals surface area contributed by atoms with Gasteiger partial charge in [-0.05, 0) is 0 Å². The van der Waals surface area contributed by atoms with Gasteiger partial charge in [0, 0.05) is 0 Å². The lowest BCUT2D eigenvalue weighted by atomic mass is 9.88. The molecule has 0 bridgehead atoms. The van der Waals surface area contributed by atoms with Crippen LogP contribution in [-0.4, -0.2) is 114 Å². The van der Waals surface area contributed by atoms with Gasteiger partial charge in [-0.2, -0.15) is 0 Å². The number of aliphatic hydroxyl groups is 9. The molecule has 1 rings (SSSR count). The van der Waals surface area contributed by atoms with Gasteiger partial charge in [0.1, 0.15) is 54.9 Å². The van der Waals surface area contributed by atoms with Crippen LogP contribution in [0.3, 0.4) is 0 Å².